The third-order valence-corrected chi connectivity index (χ3v) is 4.37. The van der Waals surface area contributed by atoms with Crippen LogP contribution in [-0.4, -0.2) is 34.3 Å². The molecule has 0 amide bonds. The Morgan fingerprint density at radius 3 is 2.65 bits per heavy atom. The minimum Gasteiger partial charge on any atom is -0.457 e. The Kier molecular flexibility index (Phi) is 4.73. The minimum absolute atomic E-state index is 0.158. The fourth-order valence-corrected chi connectivity index (χ4v) is 3.71. The molecule has 0 unspecified atom stereocenters. The number of thioether (sulfide) groups is 1. The molecule has 2 rings (SSSR count). The third-order valence-electron chi connectivity index (χ3n) is 3.29. The Labute approximate surface area is 123 Å². The molecule has 0 bridgehead atoms. The summed E-state index contributed by atoms with van der Waals surface area (Å²) >= 11 is 1.57. The van der Waals surface area contributed by atoms with E-state index in [9.17, 15) is 9.90 Å². The van der Waals surface area contributed by atoms with E-state index in [0.29, 0.717) is 6.42 Å². The van der Waals surface area contributed by atoms with Gasteiger partial charge in [0, 0.05) is 18.2 Å². The summed E-state index contributed by atoms with van der Waals surface area (Å²) in [6.45, 7) is 4.85. The fourth-order valence-electron chi connectivity index (χ4n) is 2.44. The molecular weight excluding hydrogens is 276 g/mol. The molecule has 0 spiro atoms. The SMILES string of the molecule is CC(=O)O[C@@H]1[C@H](C)O[C@H](Sc2ccccc2)C[C@@]1(C)O. The van der Waals surface area contributed by atoms with Crippen LogP contribution in [0.15, 0.2) is 35.2 Å². The smallest absolute Gasteiger partial charge is 0.303 e. The number of hydrogen-bond donors (Lipinski definition) is 1. The second-order valence-corrected chi connectivity index (χ2v) is 6.53. The molecule has 1 aliphatic rings. The van der Waals surface area contributed by atoms with Crippen LogP contribution in [0.2, 0.25) is 0 Å². The first-order valence-electron chi connectivity index (χ1n) is 6.65. The van der Waals surface area contributed by atoms with E-state index in [2.05, 4.69) is 0 Å². The highest BCUT2D eigenvalue weighted by Crippen LogP contribution is 2.38. The van der Waals surface area contributed by atoms with Crippen LogP contribution < -0.4 is 0 Å². The van der Waals surface area contributed by atoms with E-state index < -0.39 is 17.7 Å². The Hall–Kier alpha value is -1.04. The zero-order valence-electron chi connectivity index (χ0n) is 11.9. The Balaban J connectivity index is 2.05. The molecule has 1 saturated heterocycles. The van der Waals surface area contributed by atoms with Crippen molar-refractivity contribution in [3.8, 4) is 0 Å². The van der Waals surface area contributed by atoms with Gasteiger partial charge in [-0.3, -0.25) is 4.79 Å². The van der Waals surface area contributed by atoms with Gasteiger partial charge in [-0.2, -0.15) is 0 Å². The topological polar surface area (TPSA) is 55.8 Å². The van der Waals surface area contributed by atoms with Crippen LogP contribution in [-0.2, 0) is 14.3 Å². The first-order chi connectivity index (χ1) is 9.38. The first-order valence-corrected chi connectivity index (χ1v) is 7.53. The van der Waals surface area contributed by atoms with Gasteiger partial charge < -0.3 is 14.6 Å². The van der Waals surface area contributed by atoms with Gasteiger partial charge in [0.2, 0.25) is 0 Å². The Bertz CT molecular complexity index is 460. The molecular formula is C15H20O4S. The summed E-state index contributed by atoms with van der Waals surface area (Å²) in [4.78, 5) is 12.2. The minimum atomic E-state index is -1.09. The number of esters is 1. The summed E-state index contributed by atoms with van der Waals surface area (Å²) in [5, 5.41) is 10.5. The van der Waals surface area contributed by atoms with Crippen molar-refractivity contribution in [2.75, 3.05) is 0 Å². The van der Waals surface area contributed by atoms with Crippen LogP contribution in [0.25, 0.3) is 0 Å². The molecule has 1 aromatic carbocycles. The van der Waals surface area contributed by atoms with Crippen LogP contribution in [0.4, 0.5) is 0 Å². The summed E-state index contributed by atoms with van der Waals surface area (Å²) in [6, 6.07) is 9.90. The van der Waals surface area contributed by atoms with E-state index in [4.69, 9.17) is 9.47 Å². The maximum atomic E-state index is 11.1. The number of hydrogen-bond acceptors (Lipinski definition) is 5. The van der Waals surface area contributed by atoms with Gasteiger partial charge in [0.25, 0.3) is 0 Å². The molecule has 1 heterocycles. The highest BCUT2D eigenvalue weighted by Gasteiger charge is 2.46. The molecule has 1 N–H and O–H groups in total. The molecule has 0 saturated carbocycles. The largest absolute Gasteiger partial charge is 0.457 e. The van der Waals surface area contributed by atoms with Crippen molar-refractivity contribution in [3.05, 3.63) is 30.3 Å². The fraction of sp³-hybridized carbons (Fsp3) is 0.533. The number of ether oxygens (including phenoxy) is 2. The summed E-state index contributed by atoms with van der Waals surface area (Å²) in [5.41, 5.74) is -1.25. The number of carbonyl (C=O) groups excluding carboxylic acids is 1. The van der Waals surface area contributed by atoms with Gasteiger partial charge in [0.15, 0.2) is 6.10 Å². The molecule has 5 heteroatoms. The third kappa shape index (κ3) is 3.75. The average Bonchev–Trinajstić information content (AvgIpc) is 2.34. The number of aliphatic hydroxyl groups is 1. The van der Waals surface area contributed by atoms with E-state index in [0.717, 1.165) is 4.90 Å². The van der Waals surface area contributed by atoms with E-state index in [-0.39, 0.29) is 11.5 Å². The van der Waals surface area contributed by atoms with Crippen LogP contribution >= 0.6 is 11.8 Å². The summed E-state index contributed by atoms with van der Waals surface area (Å²) in [5.74, 6) is -0.403. The van der Waals surface area contributed by atoms with Gasteiger partial charge in [0.1, 0.15) is 11.0 Å². The van der Waals surface area contributed by atoms with E-state index in [1.165, 1.54) is 6.92 Å². The van der Waals surface area contributed by atoms with Crippen LogP contribution in [0.5, 0.6) is 0 Å². The van der Waals surface area contributed by atoms with Crippen LogP contribution in [0.1, 0.15) is 27.2 Å². The van der Waals surface area contributed by atoms with Crippen molar-refractivity contribution >= 4 is 17.7 Å². The molecule has 20 heavy (non-hydrogen) atoms. The second kappa shape index (κ2) is 6.16. The standard InChI is InChI=1S/C15H20O4S/c1-10-14(19-11(2)16)15(3,17)9-13(18-10)20-12-7-5-4-6-8-12/h4-8,10,13-14,17H,9H2,1-3H3/t10-,13+,14+,15+/m0/s1. The quantitative estimate of drug-likeness (QED) is 0.869. The van der Waals surface area contributed by atoms with Crippen molar-refractivity contribution in [3.63, 3.8) is 0 Å². The lowest BCUT2D eigenvalue weighted by atomic mass is 9.89. The van der Waals surface area contributed by atoms with Crippen molar-refractivity contribution in [1.82, 2.24) is 0 Å². The van der Waals surface area contributed by atoms with Gasteiger partial charge in [-0.15, -0.1) is 0 Å². The van der Waals surface area contributed by atoms with Gasteiger partial charge >= 0.3 is 5.97 Å². The predicted molar refractivity (Wildman–Crippen MR) is 77.4 cm³/mol. The van der Waals surface area contributed by atoms with E-state index in [1.807, 2.05) is 37.3 Å². The average molecular weight is 296 g/mol. The Morgan fingerprint density at radius 1 is 1.45 bits per heavy atom. The van der Waals surface area contributed by atoms with Gasteiger partial charge in [-0.05, 0) is 26.0 Å². The number of rotatable bonds is 3. The lowest BCUT2D eigenvalue weighted by molar-refractivity contribution is -0.207. The summed E-state index contributed by atoms with van der Waals surface area (Å²) in [6.07, 6.45) is -0.564. The van der Waals surface area contributed by atoms with Crippen LogP contribution in [0.3, 0.4) is 0 Å². The molecule has 0 aliphatic carbocycles. The van der Waals surface area contributed by atoms with Crippen molar-refractivity contribution in [2.24, 2.45) is 0 Å². The van der Waals surface area contributed by atoms with Gasteiger partial charge in [0.05, 0.1) is 6.10 Å². The maximum Gasteiger partial charge on any atom is 0.303 e. The van der Waals surface area contributed by atoms with Gasteiger partial charge in [-0.1, -0.05) is 30.0 Å². The molecule has 1 aromatic rings. The van der Waals surface area contributed by atoms with Gasteiger partial charge in [-0.25, -0.2) is 0 Å². The zero-order chi connectivity index (χ0) is 14.8. The predicted octanol–water partition coefficient (Wildman–Crippen LogP) is 2.60. The maximum absolute atomic E-state index is 11.1. The molecule has 1 fully saturated rings. The molecule has 0 aromatic heterocycles. The van der Waals surface area contributed by atoms with Crippen molar-refractivity contribution in [2.45, 2.75) is 55.3 Å². The first kappa shape index (κ1) is 15.4. The normalized spacial score (nSPS) is 33.7. The lowest BCUT2D eigenvalue weighted by Gasteiger charge is -2.43. The molecule has 4 nitrogen and oxygen atoms in total. The molecule has 1 aliphatic heterocycles. The summed E-state index contributed by atoms with van der Waals surface area (Å²) in [7, 11) is 0. The van der Waals surface area contributed by atoms with Crippen LogP contribution in [0, 0.1) is 0 Å². The van der Waals surface area contributed by atoms with E-state index in [1.54, 1.807) is 18.7 Å². The number of benzene rings is 1. The van der Waals surface area contributed by atoms with Crippen molar-refractivity contribution < 1.29 is 19.4 Å². The number of carbonyl (C=O) groups is 1. The highest BCUT2D eigenvalue weighted by atomic mass is 32.2. The zero-order valence-corrected chi connectivity index (χ0v) is 12.7. The lowest BCUT2D eigenvalue weighted by Crippen LogP contribution is -2.55. The Morgan fingerprint density at radius 2 is 2.10 bits per heavy atom. The highest BCUT2D eigenvalue weighted by molar-refractivity contribution is 7.99. The molecule has 110 valence electrons. The summed E-state index contributed by atoms with van der Waals surface area (Å²) < 4.78 is 11.1. The monoisotopic (exact) mass is 296 g/mol. The van der Waals surface area contributed by atoms with Crippen molar-refractivity contribution in [1.29, 1.82) is 0 Å². The second-order valence-electron chi connectivity index (χ2n) is 5.29. The van der Waals surface area contributed by atoms with E-state index >= 15 is 0 Å². The molecule has 4 atom stereocenters. The molecule has 0 radical (unpaired) electrons.